The van der Waals surface area contributed by atoms with Gasteiger partial charge in [0.15, 0.2) is 0 Å². The summed E-state index contributed by atoms with van der Waals surface area (Å²) in [6.07, 6.45) is 2.44. The summed E-state index contributed by atoms with van der Waals surface area (Å²) >= 11 is 0. The van der Waals surface area contributed by atoms with Crippen LogP contribution in [0.3, 0.4) is 0 Å². The molecule has 1 N–H and O–H groups in total. The van der Waals surface area contributed by atoms with E-state index in [-0.39, 0.29) is 30.4 Å². The first-order valence-corrected chi connectivity index (χ1v) is 7.87. The molecule has 2 aliphatic rings. The molecule has 0 aromatic heterocycles. The molecule has 17 heavy (non-hydrogen) atoms. The van der Waals surface area contributed by atoms with Crippen molar-refractivity contribution in [3.63, 3.8) is 0 Å². The number of hydrogen-bond acceptors (Lipinski definition) is 4. The molecule has 0 spiro atoms. The molecule has 2 rings (SSSR count). The third kappa shape index (κ3) is 2.81. The number of sulfonamides is 1. The molecule has 2 saturated heterocycles. The zero-order valence-electron chi connectivity index (χ0n) is 10.2. The minimum Gasteiger partial charge on any atom is -0.395 e. The van der Waals surface area contributed by atoms with Crippen LogP contribution >= 0.6 is 0 Å². The van der Waals surface area contributed by atoms with Crippen molar-refractivity contribution >= 4 is 10.0 Å². The number of ether oxygens (including phenoxy) is 1. The molecule has 2 heterocycles. The molecule has 5 nitrogen and oxygen atoms in total. The van der Waals surface area contributed by atoms with Crippen LogP contribution in [0.4, 0.5) is 0 Å². The van der Waals surface area contributed by atoms with Gasteiger partial charge < -0.3 is 9.84 Å². The Labute approximate surface area is 103 Å². The van der Waals surface area contributed by atoms with Crippen molar-refractivity contribution in [3.05, 3.63) is 0 Å². The molecule has 0 aromatic carbocycles. The summed E-state index contributed by atoms with van der Waals surface area (Å²) in [6.45, 7) is 3.09. The second kappa shape index (κ2) is 5.22. The molecule has 3 unspecified atom stereocenters. The lowest BCUT2D eigenvalue weighted by molar-refractivity contribution is 0.125. The molecule has 2 aliphatic heterocycles. The third-order valence-corrected chi connectivity index (χ3v) is 5.76. The standard InChI is InChI=1S/C11H21NO4S/c1-9-4-5-12(11(9)7-13)17(14,15)8-10-3-2-6-16-10/h9-11,13H,2-8H2,1H3. The minimum absolute atomic E-state index is 0.0657. The summed E-state index contributed by atoms with van der Waals surface area (Å²) in [4.78, 5) is 0. The summed E-state index contributed by atoms with van der Waals surface area (Å²) < 4.78 is 31.3. The van der Waals surface area contributed by atoms with Crippen LogP contribution < -0.4 is 0 Å². The van der Waals surface area contributed by atoms with Gasteiger partial charge in [0, 0.05) is 13.2 Å². The second-order valence-electron chi connectivity index (χ2n) is 5.04. The van der Waals surface area contributed by atoms with Crippen molar-refractivity contribution < 1.29 is 18.3 Å². The van der Waals surface area contributed by atoms with Crippen molar-refractivity contribution in [3.8, 4) is 0 Å². The topological polar surface area (TPSA) is 66.8 Å². The maximum absolute atomic E-state index is 12.2. The summed E-state index contributed by atoms with van der Waals surface area (Å²) in [5, 5.41) is 9.29. The average Bonchev–Trinajstić information content (AvgIpc) is 2.86. The van der Waals surface area contributed by atoms with Gasteiger partial charge in [-0.2, -0.15) is 4.31 Å². The van der Waals surface area contributed by atoms with Crippen LogP contribution in [0.15, 0.2) is 0 Å². The lowest BCUT2D eigenvalue weighted by Gasteiger charge is -2.25. The molecule has 6 heteroatoms. The summed E-state index contributed by atoms with van der Waals surface area (Å²) in [5.41, 5.74) is 0. The monoisotopic (exact) mass is 263 g/mol. The van der Waals surface area contributed by atoms with Gasteiger partial charge in [-0.05, 0) is 25.2 Å². The Morgan fingerprint density at radius 1 is 1.41 bits per heavy atom. The molecule has 3 atom stereocenters. The molecule has 0 radical (unpaired) electrons. The minimum atomic E-state index is -3.29. The highest BCUT2D eigenvalue weighted by Crippen LogP contribution is 2.28. The predicted molar refractivity (Wildman–Crippen MR) is 64.1 cm³/mol. The molecule has 0 bridgehead atoms. The summed E-state index contributed by atoms with van der Waals surface area (Å²) in [7, 11) is -3.29. The van der Waals surface area contributed by atoms with Gasteiger partial charge >= 0.3 is 0 Å². The van der Waals surface area contributed by atoms with Crippen molar-refractivity contribution in [2.45, 2.75) is 38.3 Å². The van der Waals surface area contributed by atoms with Crippen LogP contribution in [0.2, 0.25) is 0 Å². The lowest BCUT2D eigenvalue weighted by atomic mass is 10.0. The zero-order chi connectivity index (χ0) is 12.5. The number of hydrogen-bond donors (Lipinski definition) is 1. The fraction of sp³-hybridized carbons (Fsp3) is 1.00. The Kier molecular flexibility index (Phi) is 4.07. The largest absolute Gasteiger partial charge is 0.395 e. The van der Waals surface area contributed by atoms with Gasteiger partial charge in [-0.1, -0.05) is 6.92 Å². The van der Waals surface area contributed by atoms with Gasteiger partial charge in [0.25, 0.3) is 0 Å². The zero-order valence-corrected chi connectivity index (χ0v) is 11.0. The van der Waals surface area contributed by atoms with Gasteiger partial charge in [0.05, 0.1) is 24.5 Å². The highest BCUT2D eigenvalue weighted by molar-refractivity contribution is 7.89. The number of aliphatic hydroxyl groups excluding tert-OH is 1. The highest BCUT2D eigenvalue weighted by Gasteiger charge is 2.39. The molecule has 0 saturated carbocycles. The molecular weight excluding hydrogens is 242 g/mol. The van der Waals surface area contributed by atoms with Gasteiger partial charge in [-0.15, -0.1) is 0 Å². The van der Waals surface area contributed by atoms with Gasteiger partial charge in [-0.25, -0.2) is 8.42 Å². The maximum atomic E-state index is 12.2. The van der Waals surface area contributed by atoms with E-state index in [1.54, 1.807) is 0 Å². The Balaban J connectivity index is 2.04. The van der Waals surface area contributed by atoms with E-state index in [9.17, 15) is 13.5 Å². The van der Waals surface area contributed by atoms with E-state index in [4.69, 9.17) is 4.74 Å². The van der Waals surface area contributed by atoms with Gasteiger partial charge in [-0.3, -0.25) is 0 Å². The summed E-state index contributed by atoms with van der Waals surface area (Å²) in [6, 6.07) is -0.249. The fourth-order valence-electron chi connectivity index (χ4n) is 2.70. The molecule has 0 amide bonds. The Morgan fingerprint density at radius 2 is 2.18 bits per heavy atom. The van der Waals surface area contributed by atoms with E-state index in [0.29, 0.717) is 13.2 Å². The van der Waals surface area contributed by atoms with Crippen molar-refractivity contribution in [1.29, 1.82) is 0 Å². The van der Waals surface area contributed by atoms with E-state index in [2.05, 4.69) is 0 Å². The van der Waals surface area contributed by atoms with Crippen LogP contribution in [0.25, 0.3) is 0 Å². The molecule has 100 valence electrons. The highest BCUT2D eigenvalue weighted by atomic mass is 32.2. The van der Waals surface area contributed by atoms with Crippen molar-refractivity contribution in [2.24, 2.45) is 5.92 Å². The molecular formula is C11H21NO4S. The van der Waals surface area contributed by atoms with E-state index in [0.717, 1.165) is 19.3 Å². The first kappa shape index (κ1) is 13.3. The SMILES string of the molecule is CC1CCN(S(=O)(=O)CC2CCCO2)C1CO. The maximum Gasteiger partial charge on any atom is 0.217 e. The summed E-state index contributed by atoms with van der Waals surface area (Å²) in [5.74, 6) is 0.301. The Morgan fingerprint density at radius 3 is 2.76 bits per heavy atom. The van der Waals surface area contributed by atoms with Crippen LogP contribution in [-0.4, -0.2) is 55.5 Å². The normalized spacial score (nSPS) is 35.5. The van der Waals surface area contributed by atoms with Crippen LogP contribution in [0.1, 0.15) is 26.2 Å². The van der Waals surface area contributed by atoms with Crippen LogP contribution in [0.5, 0.6) is 0 Å². The number of nitrogens with zero attached hydrogens (tertiary/aromatic N) is 1. The van der Waals surface area contributed by atoms with Crippen LogP contribution in [0, 0.1) is 5.92 Å². The Bertz CT molecular complexity index is 350. The fourth-order valence-corrected chi connectivity index (χ4v) is 4.69. The van der Waals surface area contributed by atoms with Gasteiger partial charge in [0.2, 0.25) is 10.0 Å². The average molecular weight is 263 g/mol. The quantitative estimate of drug-likeness (QED) is 0.787. The smallest absolute Gasteiger partial charge is 0.217 e. The van der Waals surface area contributed by atoms with Crippen molar-refractivity contribution in [1.82, 2.24) is 4.31 Å². The molecule has 2 fully saturated rings. The number of rotatable bonds is 4. The van der Waals surface area contributed by atoms with E-state index in [1.807, 2.05) is 6.92 Å². The first-order chi connectivity index (χ1) is 8.04. The lowest BCUT2D eigenvalue weighted by Crippen LogP contribution is -2.43. The molecule has 0 aliphatic carbocycles. The van der Waals surface area contributed by atoms with Crippen LogP contribution in [-0.2, 0) is 14.8 Å². The third-order valence-electron chi connectivity index (χ3n) is 3.80. The second-order valence-corrected chi connectivity index (χ2v) is 7.01. The number of aliphatic hydroxyl groups is 1. The van der Waals surface area contributed by atoms with Crippen molar-refractivity contribution in [2.75, 3.05) is 25.5 Å². The first-order valence-electron chi connectivity index (χ1n) is 6.26. The predicted octanol–water partition coefficient (Wildman–Crippen LogP) is 0.198. The Hall–Kier alpha value is -0.170. The van der Waals surface area contributed by atoms with E-state index >= 15 is 0 Å². The van der Waals surface area contributed by atoms with E-state index < -0.39 is 10.0 Å². The molecule has 0 aromatic rings. The van der Waals surface area contributed by atoms with E-state index in [1.165, 1.54) is 4.31 Å². The van der Waals surface area contributed by atoms with Gasteiger partial charge in [0.1, 0.15) is 0 Å².